The molecule has 4 heteroatoms. The van der Waals surface area contributed by atoms with Crippen LogP contribution >= 0.6 is 0 Å². The molecular weight excluding hydrogens is 218 g/mol. The Morgan fingerprint density at radius 1 is 1.35 bits per heavy atom. The minimum absolute atomic E-state index is 0.0323. The molecule has 2 fully saturated rings. The van der Waals surface area contributed by atoms with E-state index < -0.39 is 5.41 Å². The summed E-state index contributed by atoms with van der Waals surface area (Å²) in [6, 6.07) is 2.15. The van der Waals surface area contributed by atoms with Crippen LogP contribution in [-0.4, -0.2) is 25.3 Å². The molecule has 17 heavy (non-hydrogen) atoms. The first-order valence-electron chi connectivity index (χ1n) is 6.47. The van der Waals surface area contributed by atoms with Gasteiger partial charge < -0.3 is 9.47 Å². The Morgan fingerprint density at radius 3 is 2.71 bits per heavy atom. The molecule has 0 bridgehead atoms. The number of esters is 1. The highest BCUT2D eigenvalue weighted by Crippen LogP contribution is 2.38. The minimum atomic E-state index is -0.866. The predicted molar refractivity (Wildman–Crippen MR) is 61.1 cm³/mol. The van der Waals surface area contributed by atoms with E-state index in [1.165, 1.54) is 0 Å². The topological polar surface area (TPSA) is 59.3 Å². The van der Waals surface area contributed by atoms with Gasteiger partial charge in [-0.15, -0.1) is 0 Å². The van der Waals surface area contributed by atoms with E-state index in [2.05, 4.69) is 6.07 Å². The van der Waals surface area contributed by atoms with Crippen molar-refractivity contribution >= 4 is 5.97 Å². The highest BCUT2D eigenvalue weighted by atomic mass is 16.6. The minimum Gasteiger partial charge on any atom is -0.462 e. The third-order valence-electron chi connectivity index (χ3n) is 3.74. The quantitative estimate of drug-likeness (QED) is 0.706. The third-order valence-corrected chi connectivity index (χ3v) is 3.74. The zero-order valence-corrected chi connectivity index (χ0v) is 10.1. The highest BCUT2D eigenvalue weighted by Gasteiger charge is 2.43. The lowest BCUT2D eigenvalue weighted by molar-refractivity contribution is -0.157. The van der Waals surface area contributed by atoms with Crippen LogP contribution in [0.4, 0.5) is 0 Å². The fraction of sp³-hybridized carbons (Fsp3) is 0.846. The molecule has 1 saturated heterocycles. The van der Waals surface area contributed by atoms with Crippen LogP contribution in [-0.2, 0) is 14.3 Å². The molecule has 1 heterocycles. The van der Waals surface area contributed by atoms with Gasteiger partial charge in [0.25, 0.3) is 0 Å². The second-order valence-electron chi connectivity index (χ2n) is 4.99. The lowest BCUT2D eigenvalue weighted by Gasteiger charge is -2.24. The van der Waals surface area contributed by atoms with Crippen molar-refractivity contribution in [3.63, 3.8) is 0 Å². The second kappa shape index (κ2) is 5.50. The first-order chi connectivity index (χ1) is 8.27. The SMILES string of the molecule is N#CC1(C(=O)OCC2CCCCO2)CCCC1. The van der Waals surface area contributed by atoms with Gasteiger partial charge in [-0.25, -0.2) is 0 Å². The van der Waals surface area contributed by atoms with Crippen molar-refractivity contribution in [2.75, 3.05) is 13.2 Å². The Labute approximate surface area is 102 Å². The number of nitrogens with zero attached hydrogens (tertiary/aromatic N) is 1. The number of hydrogen-bond donors (Lipinski definition) is 0. The van der Waals surface area contributed by atoms with Gasteiger partial charge in [0, 0.05) is 6.61 Å². The van der Waals surface area contributed by atoms with Crippen molar-refractivity contribution in [1.82, 2.24) is 0 Å². The van der Waals surface area contributed by atoms with Crippen LogP contribution in [0.25, 0.3) is 0 Å². The van der Waals surface area contributed by atoms with Crippen LogP contribution in [0.15, 0.2) is 0 Å². The summed E-state index contributed by atoms with van der Waals surface area (Å²) < 4.78 is 10.8. The van der Waals surface area contributed by atoms with Crippen LogP contribution in [0.2, 0.25) is 0 Å². The molecule has 1 aliphatic heterocycles. The monoisotopic (exact) mass is 237 g/mol. The van der Waals surface area contributed by atoms with Crippen molar-refractivity contribution in [3.05, 3.63) is 0 Å². The van der Waals surface area contributed by atoms with E-state index in [0.717, 1.165) is 38.7 Å². The summed E-state index contributed by atoms with van der Waals surface area (Å²) in [7, 11) is 0. The van der Waals surface area contributed by atoms with Crippen molar-refractivity contribution in [1.29, 1.82) is 5.26 Å². The van der Waals surface area contributed by atoms with Crippen molar-refractivity contribution in [2.45, 2.75) is 51.0 Å². The zero-order chi connectivity index (χ0) is 12.1. The van der Waals surface area contributed by atoms with E-state index in [9.17, 15) is 4.79 Å². The lowest BCUT2D eigenvalue weighted by Crippen LogP contribution is -2.33. The molecule has 0 aromatic carbocycles. The largest absolute Gasteiger partial charge is 0.462 e. The van der Waals surface area contributed by atoms with Gasteiger partial charge in [0.05, 0.1) is 12.2 Å². The Morgan fingerprint density at radius 2 is 2.12 bits per heavy atom. The smallest absolute Gasteiger partial charge is 0.326 e. The molecule has 0 aromatic heterocycles. The summed E-state index contributed by atoms with van der Waals surface area (Å²) in [6.45, 7) is 1.06. The van der Waals surface area contributed by atoms with Gasteiger partial charge in [-0.3, -0.25) is 4.79 Å². The molecule has 4 nitrogen and oxygen atoms in total. The third kappa shape index (κ3) is 2.78. The van der Waals surface area contributed by atoms with E-state index in [0.29, 0.717) is 19.4 Å². The second-order valence-corrected chi connectivity index (χ2v) is 4.99. The van der Waals surface area contributed by atoms with Crippen LogP contribution in [0, 0.1) is 16.7 Å². The van der Waals surface area contributed by atoms with Gasteiger partial charge >= 0.3 is 5.97 Å². The van der Waals surface area contributed by atoms with Crippen molar-refractivity contribution in [3.8, 4) is 6.07 Å². The summed E-state index contributed by atoms with van der Waals surface area (Å²) in [6.07, 6.45) is 6.39. The molecule has 1 saturated carbocycles. The Bertz CT molecular complexity index is 309. The van der Waals surface area contributed by atoms with Crippen LogP contribution in [0.5, 0.6) is 0 Å². The van der Waals surface area contributed by atoms with Crippen molar-refractivity contribution < 1.29 is 14.3 Å². The number of rotatable bonds is 3. The van der Waals surface area contributed by atoms with E-state index in [4.69, 9.17) is 14.7 Å². The maximum absolute atomic E-state index is 11.9. The Balaban J connectivity index is 1.82. The number of nitriles is 1. The van der Waals surface area contributed by atoms with Gasteiger partial charge in [0.15, 0.2) is 5.41 Å². The van der Waals surface area contributed by atoms with Gasteiger partial charge in [-0.2, -0.15) is 5.26 Å². The average Bonchev–Trinajstić information content (AvgIpc) is 2.87. The lowest BCUT2D eigenvalue weighted by atomic mass is 9.88. The van der Waals surface area contributed by atoms with E-state index in [1.54, 1.807) is 0 Å². The molecule has 0 N–H and O–H groups in total. The molecule has 0 radical (unpaired) electrons. The van der Waals surface area contributed by atoms with Gasteiger partial charge in [0.1, 0.15) is 6.61 Å². The van der Waals surface area contributed by atoms with Crippen LogP contribution in [0.3, 0.4) is 0 Å². The molecule has 1 atom stereocenters. The predicted octanol–water partition coefficient (Wildman–Crippen LogP) is 2.18. The van der Waals surface area contributed by atoms with Crippen LogP contribution in [0.1, 0.15) is 44.9 Å². The summed E-state index contributed by atoms with van der Waals surface area (Å²) in [5.41, 5.74) is -0.866. The summed E-state index contributed by atoms with van der Waals surface area (Å²) >= 11 is 0. The first kappa shape index (κ1) is 12.4. The molecule has 0 amide bonds. The molecule has 1 unspecified atom stereocenters. The highest BCUT2D eigenvalue weighted by molar-refractivity contribution is 5.80. The Hall–Kier alpha value is -1.08. The molecule has 94 valence electrons. The maximum Gasteiger partial charge on any atom is 0.326 e. The Kier molecular flexibility index (Phi) is 4.01. The van der Waals surface area contributed by atoms with Crippen molar-refractivity contribution in [2.24, 2.45) is 5.41 Å². The molecular formula is C13H19NO3. The van der Waals surface area contributed by atoms with Gasteiger partial charge in [-0.05, 0) is 32.1 Å². The fourth-order valence-corrected chi connectivity index (χ4v) is 2.59. The zero-order valence-electron chi connectivity index (χ0n) is 10.1. The van der Waals surface area contributed by atoms with E-state index in [-0.39, 0.29) is 12.1 Å². The molecule has 2 aliphatic rings. The number of hydrogen-bond acceptors (Lipinski definition) is 4. The summed E-state index contributed by atoms with van der Waals surface area (Å²) in [5, 5.41) is 9.14. The van der Waals surface area contributed by atoms with Crippen LogP contribution < -0.4 is 0 Å². The number of carbonyl (C=O) groups is 1. The number of ether oxygens (including phenoxy) is 2. The van der Waals surface area contributed by atoms with Gasteiger partial charge in [0.2, 0.25) is 0 Å². The summed E-state index contributed by atoms with van der Waals surface area (Å²) in [4.78, 5) is 11.9. The van der Waals surface area contributed by atoms with E-state index >= 15 is 0 Å². The maximum atomic E-state index is 11.9. The molecule has 0 aromatic rings. The molecule has 1 aliphatic carbocycles. The van der Waals surface area contributed by atoms with Gasteiger partial charge in [-0.1, -0.05) is 12.8 Å². The standard InChI is InChI=1S/C13H19NO3/c14-10-13(6-2-3-7-13)12(15)17-9-11-5-1-4-8-16-11/h11H,1-9H2. The summed E-state index contributed by atoms with van der Waals surface area (Å²) in [5.74, 6) is -0.341. The molecule has 0 spiro atoms. The van der Waals surface area contributed by atoms with E-state index in [1.807, 2.05) is 0 Å². The average molecular weight is 237 g/mol. The normalized spacial score (nSPS) is 27.4. The number of carbonyl (C=O) groups excluding carboxylic acids is 1. The first-order valence-corrected chi connectivity index (χ1v) is 6.47. The molecule has 2 rings (SSSR count). The fourth-order valence-electron chi connectivity index (χ4n) is 2.59.